The minimum absolute atomic E-state index is 0.0625. The molecule has 1 saturated heterocycles. The zero-order valence-electron chi connectivity index (χ0n) is 16.7. The minimum atomic E-state index is -3.69. The summed E-state index contributed by atoms with van der Waals surface area (Å²) in [6.07, 6.45) is 5.22. The molecule has 1 aliphatic heterocycles. The molecule has 0 saturated carbocycles. The van der Waals surface area contributed by atoms with Gasteiger partial charge in [0.1, 0.15) is 12.7 Å². The number of sulfonamides is 1. The summed E-state index contributed by atoms with van der Waals surface area (Å²) in [7, 11) is -3.69. The summed E-state index contributed by atoms with van der Waals surface area (Å²) in [5.41, 5.74) is 2.01. The van der Waals surface area contributed by atoms with Gasteiger partial charge in [-0.25, -0.2) is 17.9 Å². The molecular weight excluding hydrogens is 418 g/mol. The topological polar surface area (TPSA) is 110 Å². The van der Waals surface area contributed by atoms with Crippen LogP contribution in [-0.2, 0) is 26.1 Å². The lowest BCUT2D eigenvalue weighted by molar-refractivity contribution is 0.0472. The lowest BCUT2D eigenvalue weighted by Gasteiger charge is -2.11. The van der Waals surface area contributed by atoms with Crippen LogP contribution in [0.3, 0.4) is 0 Å². The van der Waals surface area contributed by atoms with E-state index in [1.165, 1.54) is 24.3 Å². The summed E-state index contributed by atoms with van der Waals surface area (Å²) in [6, 6.07) is 13.2. The summed E-state index contributed by atoms with van der Waals surface area (Å²) in [6.45, 7) is 0.810. The summed E-state index contributed by atoms with van der Waals surface area (Å²) < 4.78 is 39.9. The second-order valence-corrected chi connectivity index (χ2v) is 8.99. The highest BCUT2D eigenvalue weighted by molar-refractivity contribution is 7.89. The van der Waals surface area contributed by atoms with E-state index in [2.05, 4.69) is 10.8 Å². The van der Waals surface area contributed by atoms with E-state index >= 15 is 0 Å². The van der Waals surface area contributed by atoms with Crippen LogP contribution < -0.4 is 4.72 Å². The Kier molecular flexibility index (Phi) is 6.04. The number of nitrogens with zero attached hydrogens (tertiary/aromatic N) is 2. The Morgan fingerprint density at radius 3 is 2.77 bits per heavy atom. The van der Waals surface area contributed by atoms with Crippen molar-refractivity contribution in [3.8, 4) is 6.07 Å². The normalized spacial score (nSPS) is 16.3. The van der Waals surface area contributed by atoms with Gasteiger partial charge in [-0.2, -0.15) is 5.26 Å². The quantitative estimate of drug-likeness (QED) is 0.567. The number of carbonyl (C=O) groups excluding carboxylic acids is 1. The number of rotatable bonds is 7. The fraction of sp³-hybridized carbons (Fsp3) is 0.273. The van der Waals surface area contributed by atoms with Crippen molar-refractivity contribution in [2.45, 2.75) is 30.4 Å². The standard InChI is InChI=1S/C22H21N3O5S/c23-12-20-17(14-25-10-2-1-5-21(20)25)15-30-22(26)16-6-8-19(9-7-16)31(27,28)24-13-18-4-3-11-29-18/h1-2,5-10,14,18,24H,3-4,11,13,15H2. The second kappa shape index (κ2) is 8.89. The number of carbonyl (C=O) groups is 1. The van der Waals surface area contributed by atoms with Crippen molar-refractivity contribution in [2.75, 3.05) is 13.2 Å². The Morgan fingerprint density at radius 2 is 2.06 bits per heavy atom. The fourth-order valence-electron chi connectivity index (χ4n) is 3.50. The molecule has 3 heterocycles. The predicted octanol–water partition coefficient (Wildman–Crippen LogP) is 2.63. The zero-order chi connectivity index (χ0) is 21.8. The Labute approximate surface area is 180 Å². The molecule has 8 nitrogen and oxygen atoms in total. The van der Waals surface area contributed by atoms with Gasteiger partial charge >= 0.3 is 5.97 Å². The molecule has 4 rings (SSSR count). The van der Waals surface area contributed by atoms with Gasteiger partial charge in [0.05, 0.1) is 27.6 Å². The largest absolute Gasteiger partial charge is 0.457 e. The fourth-order valence-corrected chi connectivity index (χ4v) is 4.57. The molecule has 0 amide bonds. The van der Waals surface area contributed by atoms with Gasteiger partial charge in [0.25, 0.3) is 0 Å². The van der Waals surface area contributed by atoms with Gasteiger partial charge in [-0.15, -0.1) is 0 Å². The van der Waals surface area contributed by atoms with Gasteiger partial charge in [0.15, 0.2) is 0 Å². The third-order valence-electron chi connectivity index (χ3n) is 5.16. The maximum Gasteiger partial charge on any atom is 0.338 e. The Bertz CT molecular complexity index is 1240. The molecule has 160 valence electrons. The molecule has 3 aromatic rings. The molecule has 1 unspecified atom stereocenters. The molecule has 0 aliphatic carbocycles. The number of aromatic nitrogens is 1. The number of benzene rings is 1. The van der Waals surface area contributed by atoms with E-state index < -0.39 is 16.0 Å². The van der Waals surface area contributed by atoms with Crippen LogP contribution in [0, 0.1) is 11.3 Å². The second-order valence-electron chi connectivity index (χ2n) is 7.22. The van der Waals surface area contributed by atoms with Crippen LogP contribution in [0.2, 0.25) is 0 Å². The van der Waals surface area contributed by atoms with Crippen molar-refractivity contribution in [2.24, 2.45) is 0 Å². The molecule has 9 heteroatoms. The maximum atomic E-state index is 12.4. The van der Waals surface area contributed by atoms with E-state index in [1.807, 2.05) is 24.4 Å². The molecule has 1 fully saturated rings. The number of hydrogen-bond donors (Lipinski definition) is 1. The highest BCUT2D eigenvalue weighted by atomic mass is 32.2. The summed E-state index contributed by atoms with van der Waals surface area (Å²) in [5.74, 6) is -0.601. The first-order valence-electron chi connectivity index (χ1n) is 9.85. The van der Waals surface area contributed by atoms with Crippen molar-refractivity contribution < 1.29 is 22.7 Å². The number of esters is 1. The van der Waals surface area contributed by atoms with Crippen LogP contribution in [0.5, 0.6) is 0 Å². The molecule has 0 bridgehead atoms. The molecule has 1 N–H and O–H groups in total. The molecule has 0 spiro atoms. The smallest absolute Gasteiger partial charge is 0.338 e. The van der Waals surface area contributed by atoms with Gasteiger partial charge in [-0.05, 0) is 49.2 Å². The SMILES string of the molecule is N#Cc1c(COC(=O)c2ccc(S(=O)(=O)NCC3CCCO3)cc2)cn2ccccc12. The van der Waals surface area contributed by atoms with Crippen LogP contribution in [0.25, 0.3) is 5.52 Å². The molecular formula is C22H21N3O5S. The van der Waals surface area contributed by atoms with Gasteiger partial charge in [-0.1, -0.05) is 6.07 Å². The average Bonchev–Trinajstić information content (AvgIpc) is 3.43. The van der Waals surface area contributed by atoms with Crippen LogP contribution in [-0.4, -0.2) is 38.0 Å². The van der Waals surface area contributed by atoms with Gasteiger partial charge < -0.3 is 13.9 Å². The molecule has 1 aromatic carbocycles. The summed E-state index contributed by atoms with van der Waals surface area (Å²) in [5, 5.41) is 9.43. The predicted molar refractivity (Wildman–Crippen MR) is 112 cm³/mol. The van der Waals surface area contributed by atoms with Crippen molar-refractivity contribution in [3.05, 3.63) is 71.5 Å². The van der Waals surface area contributed by atoms with E-state index in [-0.39, 0.29) is 29.7 Å². The number of fused-ring (bicyclic) bond motifs is 1. The number of nitriles is 1. The van der Waals surface area contributed by atoms with Gasteiger partial charge in [-0.3, -0.25) is 0 Å². The van der Waals surface area contributed by atoms with Crippen LogP contribution in [0.4, 0.5) is 0 Å². The lowest BCUT2D eigenvalue weighted by Crippen LogP contribution is -2.31. The minimum Gasteiger partial charge on any atom is -0.457 e. The molecule has 31 heavy (non-hydrogen) atoms. The third kappa shape index (κ3) is 4.61. The molecule has 2 aromatic heterocycles. The van der Waals surface area contributed by atoms with Crippen molar-refractivity contribution in [1.82, 2.24) is 9.12 Å². The van der Waals surface area contributed by atoms with E-state index in [9.17, 15) is 18.5 Å². The molecule has 1 aliphatic rings. The van der Waals surface area contributed by atoms with Gasteiger partial charge in [0, 0.05) is 31.1 Å². The Morgan fingerprint density at radius 1 is 1.26 bits per heavy atom. The van der Waals surface area contributed by atoms with E-state index in [4.69, 9.17) is 9.47 Å². The Balaban J connectivity index is 1.40. The number of pyridine rings is 1. The number of hydrogen-bond acceptors (Lipinski definition) is 6. The monoisotopic (exact) mass is 439 g/mol. The molecule has 1 atom stereocenters. The number of nitrogens with one attached hydrogen (secondary N) is 1. The van der Waals surface area contributed by atoms with Crippen LogP contribution >= 0.6 is 0 Å². The van der Waals surface area contributed by atoms with Gasteiger partial charge in [0.2, 0.25) is 10.0 Å². The van der Waals surface area contributed by atoms with Crippen LogP contribution in [0.1, 0.15) is 34.3 Å². The summed E-state index contributed by atoms with van der Waals surface area (Å²) >= 11 is 0. The Hall–Kier alpha value is -3.19. The third-order valence-corrected chi connectivity index (χ3v) is 6.60. The maximum absolute atomic E-state index is 12.4. The first-order valence-corrected chi connectivity index (χ1v) is 11.3. The highest BCUT2D eigenvalue weighted by Gasteiger charge is 2.21. The molecule has 0 radical (unpaired) electrons. The van der Waals surface area contributed by atoms with E-state index in [0.717, 1.165) is 18.4 Å². The highest BCUT2D eigenvalue weighted by Crippen LogP contribution is 2.20. The van der Waals surface area contributed by atoms with Crippen molar-refractivity contribution in [3.63, 3.8) is 0 Å². The van der Waals surface area contributed by atoms with E-state index in [1.54, 1.807) is 10.6 Å². The van der Waals surface area contributed by atoms with Crippen LogP contribution in [0.15, 0.2) is 59.8 Å². The summed E-state index contributed by atoms with van der Waals surface area (Å²) in [4.78, 5) is 12.5. The zero-order valence-corrected chi connectivity index (χ0v) is 17.5. The average molecular weight is 439 g/mol. The van der Waals surface area contributed by atoms with Crippen molar-refractivity contribution >= 4 is 21.5 Å². The first kappa shape index (κ1) is 21.1. The number of ether oxygens (including phenoxy) is 2. The lowest BCUT2D eigenvalue weighted by atomic mass is 10.2. The van der Waals surface area contributed by atoms with Crippen molar-refractivity contribution in [1.29, 1.82) is 5.26 Å². The van der Waals surface area contributed by atoms with E-state index in [0.29, 0.717) is 17.7 Å². The first-order chi connectivity index (χ1) is 15.0.